The Labute approximate surface area is 136 Å². The Hall–Kier alpha value is -1.04. The monoisotopic (exact) mass is 322 g/mol. The van der Waals surface area contributed by atoms with Gasteiger partial charge < -0.3 is 9.88 Å². The first kappa shape index (κ1) is 15.8. The molecule has 2 aliphatic carbocycles. The van der Waals surface area contributed by atoms with Gasteiger partial charge in [-0.3, -0.25) is 4.79 Å². The van der Waals surface area contributed by atoms with Gasteiger partial charge in [-0.1, -0.05) is 31.5 Å². The molecule has 1 N–H and O–H groups in total. The van der Waals surface area contributed by atoms with E-state index in [-0.39, 0.29) is 11.2 Å². The van der Waals surface area contributed by atoms with Crippen LogP contribution in [0.5, 0.6) is 0 Å². The minimum atomic E-state index is -0.129. The molecule has 3 atom stereocenters. The number of aryl methyl sites for hydroxylation is 1. The number of nitrogens with one attached hydrogen (secondary N) is 1. The van der Waals surface area contributed by atoms with E-state index in [1.165, 1.54) is 43.9 Å². The molecule has 2 saturated carbocycles. The van der Waals surface area contributed by atoms with Crippen molar-refractivity contribution in [2.24, 2.45) is 5.92 Å². The zero-order chi connectivity index (χ0) is 15.7. The van der Waals surface area contributed by atoms with E-state index in [2.05, 4.69) is 27.0 Å². The Morgan fingerprint density at radius 1 is 1.27 bits per heavy atom. The van der Waals surface area contributed by atoms with Crippen LogP contribution in [0, 0.1) is 12.8 Å². The first-order valence-corrected chi connectivity index (χ1v) is 9.32. The summed E-state index contributed by atoms with van der Waals surface area (Å²) in [7, 11) is 0. The molecule has 1 amide bonds. The topological polar surface area (TPSA) is 59.8 Å². The number of aromatic nitrogens is 3. The maximum absolute atomic E-state index is 12.5. The first-order chi connectivity index (χ1) is 10.6. The van der Waals surface area contributed by atoms with Gasteiger partial charge in [-0.2, -0.15) is 0 Å². The summed E-state index contributed by atoms with van der Waals surface area (Å²) in [5.74, 6) is 1.68. The number of thioether (sulfide) groups is 1. The van der Waals surface area contributed by atoms with Crippen LogP contribution < -0.4 is 5.32 Å². The normalized spacial score (nSPS) is 26.7. The van der Waals surface area contributed by atoms with Crippen LogP contribution in [0.15, 0.2) is 5.16 Å². The van der Waals surface area contributed by atoms with Crippen molar-refractivity contribution in [3.63, 3.8) is 0 Å². The molecule has 2 aliphatic rings. The Morgan fingerprint density at radius 3 is 2.68 bits per heavy atom. The molecular formula is C16H26N4OS. The third-order valence-corrected chi connectivity index (χ3v) is 5.89. The molecule has 0 bridgehead atoms. The Bertz CT molecular complexity index is 540. The van der Waals surface area contributed by atoms with Gasteiger partial charge in [0, 0.05) is 12.1 Å². The highest BCUT2D eigenvalue weighted by Gasteiger charge is 2.30. The Balaban J connectivity index is 1.59. The average molecular weight is 322 g/mol. The molecule has 0 aromatic carbocycles. The molecule has 0 aliphatic heterocycles. The van der Waals surface area contributed by atoms with Gasteiger partial charge >= 0.3 is 0 Å². The molecule has 5 nitrogen and oxygen atoms in total. The molecular weight excluding hydrogens is 296 g/mol. The largest absolute Gasteiger partial charge is 0.352 e. The second kappa shape index (κ2) is 6.60. The summed E-state index contributed by atoms with van der Waals surface area (Å²) in [4.78, 5) is 12.5. The summed E-state index contributed by atoms with van der Waals surface area (Å²) < 4.78 is 2.19. The number of rotatable bonds is 5. The van der Waals surface area contributed by atoms with E-state index in [1.54, 1.807) is 0 Å². The summed E-state index contributed by atoms with van der Waals surface area (Å²) in [5, 5.41) is 12.4. The molecule has 3 rings (SSSR count). The molecule has 6 heteroatoms. The summed E-state index contributed by atoms with van der Waals surface area (Å²) in [6, 6.07) is 0.887. The smallest absolute Gasteiger partial charge is 0.233 e. The Kier molecular flexibility index (Phi) is 4.76. The molecule has 1 aromatic heterocycles. The fourth-order valence-electron chi connectivity index (χ4n) is 3.23. The van der Waals surface area contributed by atoms with E-state index in [0.29, 0.717) is 18.0 Å². The fourth-order valence-corrected chi connectivity index (χ4v) is 4.20. The molecule has 0 spiro atoms. The van der Waals surface area contributed by atoms with Crippen molar-refractivity contribution in [1.82, 2.24) is 20.1 Å². The third kappa shape index (κ3) is 3.47. The molecule has 122 valence electrons. The van der Waals surface area contributed by atoms with Crippen LogP contribution in [-0.2, 0) is 4.79 Å². The minimum Gasteiger partial charge on any atom is -0.352 e. The second-order valence-corrected chi connectivity index (χ2v) is 8.08. The zero-order valence-electron chi connectivity index (χ0n) is 13.7. The van der Waals surface area contributed by atoms with Gasteiger partial charge in [-0.25, -0.2) is 0 Å². The van der Waals surface area contributed by atoms with Crippen LogP contribution in [-0.4, -0.2) is 32.0 Å². The molecule has 0 unspecified atom stereocenters. The van der Waals surface area contributed by atoms with E-state index >= 15 is 0 Å². The van der Waals surface area contributed by atoms with Crippen LogP contribution in [0.4, 0.5) is 0 Å². The van der Waals surface area contributed by atoms with Gasteiger partial charge in [-0.05, 0) is 45.4 Å². The van der Waals surface area contributed by atoms with Gasteiger partial charge in [0.2, 0.25) is 5.91 Å². The molecule has 2 fully saturated rings. The molecule has 22 heavy (non-hydrogen) atoms. The summed E-state index contributed by atoms with van der Waals surface area (Å²) in [6.45, 7) is 6.20. The fraction of sp³-hybridized carbons (Fsp3) is 0.812. The quantitative estimate of drug-likeness (QED) is 0.846. The van der Waals surface area contributed by atoms with Crippen molar-refractivity contribution in [2.75, 3.05) is 0 Å². The van der Waals surface area contributed by atoms with Crippen LogP contribution in [0.3, 0.4) is 0 Å². The lowest BCUT2D eigenvalue weighted by molar-refractivity contribution is -0.121. The lowest BCUT2D eigenvalue weighted by atomic mass is 9.86. The molecule has 0 radical (unpaired) electrons. The molecule has 1 heterocycles. The lowest BCUT2D eigenvalue weighted by Gasteiger charge is -2.30. The maximum Gasteiger partial charge on any atom is 0.233 e. The number of hydrogen-bond acceptors (Lipinski definition) is 4. The van der Waals surface area contributed by atoms with Crippen LogP contribution in [0.25, 0.3) is 0 Å². The van der Waals surface area contributed by atoms with Crippen LogP contribution >= 0.6 is 11.8 Å². The van der Waals surface area contributed by atoms with Gasteiger partial charge in [0.15, 0.2) is 5.16 Å². The van der Waals surface area contributed by atoms with Gasteiger partial charge in [0.1, 0.15) is 5.82 Å². The highest BCUT2D eigenvalue weighted by Crippen LogP contribution is 2.39. The van der Waals surface area contributed by atoms with Crippen molar-refractivity contribution in [3.05, 3.63) is 5.82 Å². The third-order valence-electron chi connectivity index (χ3n) is 4.84. The predicted molar refractivity (Wildman–Crippen MR) is 87.9 cm³/mol. The first-order valence-electron chi connectivity index (χ1n) is 8.44. The standard InChI is InChI=1S/C16H26N4OS/c1-10-6-4-5-7-14(10)17-15(21)11(2)22-16-19-18-12(3)20(16)13-8-9-13/h10-11,13-14H,4-9H2,1-3H3,(H,17,21)/t10-,11+,14-/m0/s1. The van der Waals surface area contributed by atoms with Crippen molar-refractivity contribution >= 4 is 17.7 Å². The van der Waals surface area contributed by atoms with E-state index in [9.17, 15) is 4.79 Å². The number of nitrogens with zero attached hydrogens (tertiary/aromatic N) is 3. The maximum atomic E-state index is 12.5. The van der Waals surface area contributed by atoms with E-state index in [4.69, 9.17) is 0 Å². The van der Waals surface area contributed by atoms with E-state index in [0.717, 1.165) is 17.4 Å². The van der Waals surface area contributed by atoms with E-state index in [1.807, 2.05) is 13.8 Å². The van der Waals surface area contributed by atoms with Crippen molar-refractivity contribution in [2.45, 2.75) is 81.8 Å². The SMILES string of the molecule is Cc1nnc(S[C@H](C)C(=O)N[C@H]2CCCC[C@@H]2C)n1C1CC1. The lowest BCUT2D eigenvalue weighted by Crippen LogP contribution is -2.44. The van der Waals surface area contributed by atoms with Gasteiger partial charge in [-0.15, -0.1) is 10.2 Å². The van der Waals surface area contributed by atoms with Gasteiger partial charge in [0.05, 0.1) is 5.25 Å². The number of amides is 1. The van der Waals surface area contributed by atoms with Crippen molar-refractivity contribution in [3.8, 4) is 0 Å². The van der Waals surface area contributed by atoms with Crippen molar-refractivity contribution < 1.29 is 4.79 Å². The average Bonchev–Trinajstić information content (AvgIpc) is 3.26. The second-order valence-electron chi connectivity index (χ2n) is 6.77. The molecule has 1 aromatic rings. The summed E-state index contributed by atoms with van der Waals surface area (Å²) in [6.07, 6.45) is 7.26. The highest BCUT2D eigenvalue weighted by atomic mass is 32.2. The highest BCUT2D eigenvalue weighted by molar-refractivity contribution is 8.00. The number of carbonyl (C=O) groups excluding carboxylic acids is 1. The summed E-state index contributed by atoms with van der Waals surface area (Å²) >= 11 is 1.53. The Morgan fingerprint density at radius 2 is 2.00 bits per heavy atom. The predicted octanol–water partition coefficient (Wildman–Crippen LogP) is 3.10. The minimum absolute atomic E-state index is 0.129. The number of carbonyl (C=O) groups is 1. The number of hydrogen-bond donors (Lipinski definition) is 1. The molecule has 0 saturated heterocycles. The van der Waals surface area contributed by atoms with Gasteiger partial charge in [0.25, 0.3) is 0 Å². The van der Waals surface area contributed by atoms with Crippen molar-refractivity contribution in [1.29, 1.82) is 0 Å². The van der Waals surface area contributed by atoms with Crippen LogP contribution in [0.2, 0.25) is 0 Å². The van der Waals surface area contributed by atoms with E-state index < -0.39 is 0 Å². The summed E-state index contributed by atoms with van der Waals surface area (Å²) in [5.41, 5.74) is 0. The zero-order valence-corrected chi connectivity index (χ0v) is 14.5. The van der Waals surface area contributed by atoms with Crippen LogP contribution in [0.1, 0.15) is 64.2 Å².